The van der Waals surface area contributed by atoms with Gasteiger partial charge in [0.2, 0.25) is 0 Å². The number of rotatable bonds is 5. The Bertz CT molecular complexity index is 1330. The Hall–Kier alpha value is -3.94. The number of anilines is 1. The number of ether oxygens (including phenoxy) is 1. The first-order valence-electron chi connectivity index (χ1n) is 11.1. The van der Waals surface area contributed by atoms with Gasteiger partial charge in [-0.25, -0.2) is 4.98 Å². The molecule has 1 fully saturated rings. The quantitative estimate of drug-likeness (QED) is 0.323. The second kappa shape index (κ2) is 10.5. The Labute approximate surface area is 207 Å². The summed E-state index contributed by atoms with van der Waals surface area (Å²) >= 11 is 1.36. The molecule has 10 heteroatoms. The van der Waals surface area contributed by atoms with Crippen LogP contribution in [0.1, 0.15) is 33.0 Å². The van der Waals surface area contributed by atoms with Crippen molar-refractivity contribution in [3.8, 4) is 11.8 Å². The van der Waals surface area contributed by atoms with E-state index in [9.17, 15) is 14.9 Å². The number of hydrogen-bond acceptors (Lipinski definition) is 7. The largest absolute Gasteiger partial charge is 0.378 e. The van der Waals surface area contributed by atoms with E-state index in [4.69, 9.17) is 4.74 Å². The Morgan fingerprint density at radius 2 is 1.91 bits per heavy atom. The highest BCUT2D eigenvalue weighted by Crippen LogP contribution is 2.25. The number of hydrogen-bond donors (Lipinski definition) is 2. The molecular formula is C25H26N6O3S. The van der Waals surface area contributed by atoms with Crippen LogP contribution in [-0.4, -0.2) is 47.7 Å². The third-order valence-electron chi connectivity index (χ3n) is 5.79. The van der Waals surface area contributed by atoms with Crippen molar-refractivity contribution in [2.45, 2.75) is 20.8 Å². The van der Waals surface area contributed by atoms with Gasteiger partial charge in [-0.3, -0.25) is 20.4 Å². The van der Waals surface area contributed by atoms with Gasteiger partial charge in [0, 0.05) is 35.5 Å². The molecule has 1 aromatic carbocycles. The molecule has 0 atom stereocenters. The van der Waals surface area contributed by atoms with Gasteiger partial charge < -0.3 is 14.2 Å². The molecule has 4 rings (SSSR count). The maximum atomic E-state index is 12.6. The third-order valence-corrected chi connectivity index (χ3v) is 6.69. The summed E-state index contributed by atoms with van der Waals surface area (Å²) in [4.78, 5) is 31.5. The molecule has 180 valence electrons. The van der Waals surface area contributed by atoms with Crippen molar-refractivity contribution in [3.63, 3.8) is 0 Å². The van der Waals surface area contributed by atoms with Crippen LogP contribution >= 0.6 is 11.3 Å². The SMILES string of the molecule is Cc1ccccc1-n1c(C)cc(/C=C(\C#N)C(=O)NNC(=O)c2csc(N3CCOCC3)n2)c1C. The summed E-state index contributed by atoms with van der Waals surface area (Å²) in [6.45, 7) is 8.61. The first kappa shape index (κ1) is 24.2. The molecule has 1 aliphatic heterocycles. The van der Waals surface area contributed by atoms with Crippen LogP contribution in [0, 0.1) is 32.1 Å². The normalized spacial score (nSPS) is 13.9. The van der Waals surface area contributed by atoms with Crippen molar-refractivity contribution in [1.82, 2.24) is 20.4 Å². The van der Waals surface area contributed by atoms with E-state index in [1.54, 1.807) is 5.38 Å². The zero-order valence-electron chi connectivity index (χ0n) is 19.8. The minimum Gasteiger partial charge on any atom is -0.378 e. The maximum absolute atomic E-state index is 12.6. The number of carbonyl (C=O) groups excluding carboxylic acids is 2. The summed E-state index contributed by atoms with van der Waals surface area (Å²) in [5.74, 6) is -1.26. The van der Waals surface area contributed by atoms with Gasteiger partial charge in [0.1, 0.15) is 17.3 Å². The molecule has 0 bridgehead atoms. The average Bonchev–Trinajstić information content (AvgIpc) is 3.47. The molecule has 35 heavy (non-hydrogen) atoms. The molecule has 9 nitrogen and oxygen atoms in total. The highest BCUT2D eigenvalue weighted by atomic mass is 32.1. The highest BCUT2D eigenvalue weighted by molar-refractivity contribution is 7.13. The lowest BCUT2D eigenvalue weighted by Gasteiger charge is -2.25. The minimum absolute atomic E-state index is 0.123. The third kappa shape index (κ3) is 5.26. The lowest BCUT2D eigenvalue weighted by molar-refractivity contribution is -0.117. The van der Waals surface area contributed by atoms with Gasteiger partial charge in [0.25, 0.3) is 11.8 Å². The Morgan fingerprint density at radius 3 is 2.63 bits per heavy atom. The first-order valence-corrected chi connectivity index (χ1v) is 12.0. The Kier molecular flexibility index (Phi) is 7.29. The molecule has 0 radical (unpaired) electrons. The van der Waals surface area contributed by atoms with Crippen molar-refractivity contribution in [1.29, 1.82) is 5.26 Å². The second-order valence-electron chi connectivity index (χ2n) is 8.14. The Balaban J connectivity index is 1.45. The van der Waals surface area contributed by atoms with Crippen LogP contribution < -0.4 is 15.8 Å². The predicted molar refractivity (Wildman–Crippen MR) is 134 cm³/mol. The summed E-state index contributed by atoms with van der Waals surface area (Å²) in [7, 11) is 0. The van der Waals surface area contributed by atoms with Gasteiger partial charge in [-0.15, -0.1) is 11.3 Å². The van der Waals surface area contributed by atoms with Crippen LogP contribution in [0.4, 0.5) is 5.13 Å². The maximum Gasteiger partial charge on any atom is 0.289 e. The van der Waals surface area contributed by atoms with E-state index in [0.29, 0.717) is 26.3 Å². The average molecular weight is 491 g/mol. The molecule has 1 aliphatic rings. The van der Waals surface area contributed by atoms with Crippen LogP contribution in [0.25, 0.3) is 11.8 Å². The number of carbonyl (C=O) groups is 2. The number of nitrogens with zero attached hydrogens (tertiary/aromatic N) is 4. The van der Waals surface area contributed by atoms with Crippen molar-refractivity contribution in [2.24, 2.45) is 0 Å². The number of para-hydroxylation sites is 1. The first-order chi connectivity index (χ1) is 16.9. The van der Waals surface area contributed by atoms with Gasteiger partial charge >= 0.3 is 0 Å². The molecule has 2 aromatic heterocycles. The number of nitrogens with one attached hydrogen (secondary N) is 2. The van der Waals surface area contributed by atoms with Crippen molar-refractivity contribution in [3.05, 3.63) is 69.5 Å². The van der Waals surface area contributed by atoms with E-state index < -0.39 is 11.8 Å². The molecule has 3 heterocycles. The van der Waals surface area contributed by atoms with Crippen LogP contribution in [0.2, 0.25) is 0 Å². The fourth-order valence-electron chi connectivity index (χ4n) is 3.94. The zero-order valence-corrected chi connectivity index (χ0v) is 20.6. The number of aromatic nitrogens is 2. The Morgan fingerprint density at radius 1 is 1.17 bits per heavy atom. The number of aryl methyl sites for hydroxylation is 2. The van der Waals surface area contributed by atoms with Gasteiger partial charge in [0.15, 0.2) is 5.13 Å². The molecule has 1 saturated heterocycles. The number of morpholine rings is 1. The molecule has 0 saturated carbocycles. The van der Waals surface area contributed by atoms with E-state index in [1.807, 2.05) is 62.1 Å². The van der Waals surface area contributed by atoms with E-state index >= 15 is 0 Å². The molecule has 0 spiro atoms. The lowest BCUT2D eigenvalue weighted by atomic mass is 10.1. The molecule has 0 unspecified atom stereocenters. The predicted octanol–water partition coefficient (Wildman–Crippen LogP) is 3.06. The number of benzene rings is 1. The van der Waals surface area contributed by atoms with Crippen molar-refractivity contribution in [2.75, 3.05) is 31.2 Å². The van der Waals surface area contributed by atoms with Gasteiger partial charge in [-0.05, 0) is 50.1 Å². The molecule has 2 N–H and O–H groups in total. The number of amides is 2. The van der Waals surface area contributed by atoms with Crippen LogP contribution in [0.5, 0.6) is 0 Å². The van der Waals surface area contributed by atoms with Crippen LogP contribution in [0.15, 0.2) is 41.3 Å². The summed E-state index contributed by atoms with van der Waals surface area (Å²) < 4.78 is 7.42. The summed E-state index contributed by atoms with van der Waals surface area (Å²) in [5.41, 5.74) is 9.52. The molecular weight excluding hydrogens is 464 g/mol. The summed E-state index contributed by atoms with van der Waals surface area (Å²) in [5, 5.41) is 12.0. The second-order valence-corrected chi connectivity index (χ2v) is 8.98. The fraction of sp³-hybridized carbons (Fsp3) is 0.280. The zero-order chi connectivity index (χ0) is 24.9. The van der Waals surface area contributed by atoms with Crippen LogP contribution in [0.3, 0.4) is 0 Å². The standard InChI is InChI=1S/C25H26N6O3S/c1-16-6-4-5-7-22(16)31-17(2)12-19(18(31)3)13-20(14-26)23(32)28-29-24(33)21-15-35-25(27-21)30-8-10-34-11-9-30/h4-7,12-13,15H,8-11H2,1-3H3,(H,28,32)(H,29,33)/b20-13+. The van der Waals surface area contributed by atoms with E-state index in [2.05, 4.69) is 20.4 Å². The summed E-state index contributed by atoms with van der Waals surface area (Å²) in [6.07, 6.45) is 1.53. The van der Waals surface area contributed by atoms with E-state index in [-0.39, 0.29) is 11.3 Å². The molecule has 2 amide bonds. The monoisotopic (exact) mass is 490 g/mol. The van der Waals surface area contributed by atoms with Gasteiger partial charge in [-0.2, -0.15) is 5.26 Å². The van der Waals surface area contributed by atoms with Crippen molar-refractivity contribution < 1.29 is 14.3 Å². The van der Waals surface area contributed by atoms with E-state index in [1.165, 1.54) is 17.4 Å². The minimum atomic E-state index is -0.704. The number of thiazole rings is 1. The van der Waals surface area contributed by atoms with Crippen molar-refractivity contribution >= 4 is 34.4 Å². The highest BCUT2D eigenvalue weighted by Gasteiger charge is 2.19. The summed E-state index contributed by atoms with van der Waals surface area (Å²) in [6, 6.07) is 11.9. The number of hydrazine groups is 1. The molecule has 0 aliphatic carbocycles. The number of nitriles is 1. The van der Waals surface area contributed by atoms with Gasteiger partial charge in [-0.1, -0.05) is 18.2 Å². The van der Waals surface area contributed by atoms with Gasteiger partial charge in [0.05, 0.1) is 13.2 Å². The lowest BCUT2D eigenvalue weighted by Crippen LogP contribution is -2.42. The van der Waals surface area contributed by atoms with Crippen LogP contribution in [-0.2, 0) is 9.53 Å². The smallest absolute Gasteiger partial charge is 0.289 e. The fourth-order valence-corrected chi connectivity index (χ4v) is 4.80. The molecule has 3 aromatic rings. The van der Waals surface area contributed by atoms with E-state index in [0.717, 1.165) is 33.3 Å². The topological polar surface area (TPSA) is 112 Å².